The van der Waals surface area contributed by atoms with Crippen LogP contribution in [0, 0.1) is 0 Å². The number of hydrogen-bond donors (Lipinski definition) is 1. The summed E-state index contributed by atoms with van der Waals surface area (Å²) in [4.78, 5) is 25.7. The molecule has 3 rings (SSSR count). The fraction of sp³-hybridized carbons (Fsp3) is 0.273. The van der Waals surface area contributed by atoms with E-state index in [1.54, 1.807) is 29.2 Å². The van der Waals surface area contributed by atoms with Crippen LogP contribution in [-0.4, -0.2) is 35.9 Å². The Balaban J connectivity index is 1.61. The predicted octanol–water partition coefficient (Wildman–Crippen LogP) is 4.51. The van der Waals surface area contributed by atoms with Gasteiger partial charge in [-0.25, -0.2) is 0 Å². The van der Waals surface area contributed by atoms with Crippen molar-refractivity contribution < 1.29 is 27.5 Å². The van der Waals surface area contributed by atoms with Crippen LogP contribution >= 0.6 is 0 Å². The van der Waals surface area contributed by atoms with E-state index in [1.165, 1.54) is 18.2 Å². The van der Waals surface area contributed by atoms with Crippen molar-refractivity contribution in [2.45, 2.75) is 25.1 Å². The first-order chi connectivity index (χ1) is 14.3. The van der Waals surface area contributed by atoms with Gasteiger partial charge in [-0.3, -0.25) is 9.59 Å². The van der Waals surface area contributed by atoms with E-state index >= 15 is 0 Å². The van der Waals surface area contributed by atoms with Crippen LogP contribution in [0.4, 0.5) is 18.9 Å². The van der Waals surface area contributed by atoms with Gasteiger partial charge in [-0.15, -0.1) is 0 Å². The van der Waals surface area contributed by atoms with Crippen molar-refractivity contribution in [2.75, 3.05) is 18.4 Å². The molecular formula is C22H21F3N2O3. The molecule has 0 saturated carbocycles. The van der Waals surface area contributed by atoms with E-state index in [0.717, 1.165) is 12.1 Å². The van der Waals surface area contributed by atoms with Gasteiger partial charge < -0.3 is 15.0 Å². The number of alkyl halides is 3. The molecule has 1 saturated heterocycles. The number of halogens is 3. The number of anilines is 1. The van der Waals surface area contributed by atoms with Crippen molar-refractivity contribution in [3.8, 4) is 5.75 Å². The second kappa shape index (κ2) is 9.02. The SMILES string of the molecule is C=CC(=O)N1CCC(Oc2cccc(NC(=O)c3cccc(C(F)(F)F)c3)c2)CC1. The number of carbonyl (C=O) groups is 2. The summed E-state index contributed by atoms with van der Waals surface area (Å²) in [6, 6.07) is 10.9. The van der Waals surface area contributed by atoms with Gasteiger partial charge in [0.1, 0.15) is 11.9 Å². The van der Waals surface area contributed by atoms with Crippen LogP contribution < -0.4 is 10.1 Å². The van der Waals surface area contributed by atoms with Crippen molar-refractivity contribution >= 4 is 17.5 Å². The summed E-state index contributed by atoms with van der Waals surface area (Å²) in [5.74, 6) is -0.215. The van der Waals surface area contributed by atoms with Crippen LogP contribution in [0.2, 0.25) is 0 Å². The lowest BCUT2D eigenvalue weighted by molar-refractivity contribution is -0.137. The Labute approximate surface area is 172 Å². The summed E-state index contributed by atoms with van der Waals surface area (Å²) in [6.07, 6.45) is -1.97. The zero-order chi connectivity index (χ0) is 21.7. The van der Waals surface area contributed by atoms with Crippen LogP contribution in [0.15, 0.2) is 61.2 Å². The molecule has 1 aliphatic rings. The molecule has 1 fully saturated rings. The Hall–Kier alpha value is -3.29. The van der Waals surface area contributed by atoms with Crippen molar-refractivity contribution in [2.24, 2.45) is 0 Å². The molecule has 0 aliphatic carbocycles. The van der Waals surface area contributed by atoms with E-state index in [2.05, 4.69) is 11.9 Å². The van der Waals surface area contributed by atoms with Crippen molar-refractivity contribution in [3.05, 3.63) is 72.3 Å². The Morgan fingerprint density at radius 2 is 1.80 bits per heavy atom. The first-order valence-corrected chi connectivity index (χ1v) is 9.43. The number of benzene rings is 2. The molecule has 0 unspecified atom stereocenters. The fourth-order valence-corrected chi connectivity index (χ4v) is 3.20. The monoisotopic (exact) mass is 418 g/mol. The number of nitrogens with one attached hydrogen (secondary N) is 1. The number of likely N-dealkylation sites (tertiary alicyclic amines) is 1. The minimum Gasteiger partial charge on any atom is -0.490 e. The highest BCUT2D eigenvalue weighted by molar-refractivity contribution is 6.04. The van der Waals surface area contributed by atoms with Crippen LogP contribution in [0.3, 0.4) is 0 Å². The van der Waals surface area contributed by atoms with Gasteiger partial charge in [-0.1, -0.05) is 18.7 Å². The molecular weight excluding hydrogens is 397 g/mol. The molecule has 0 aromatic heterocycles. The topological polar surface area (TPSA) is 58.6 Å². The lowest BCUT2D eigenvalue weighted by Gasteiger charge is -2.31. The minimum absolute atomic E-state index is 0.0757. The number of nitrogens with zero attached hydrogens (tertiary/aromatic N) is 1. The predicted molar refractivity (Wildman–Crippen MR) is 106 cm³/mol. The summed E-state index contributed by atoms with van der Waals surface area (Å²) >= 11 is 0. The van der Waals surface area contributed by atoms with Crippen LogP contribution in [0.5, 0.6) is 5.75 Å². The van der Waals surface area contributed by atoms with Gasteiger partial charge in [0.15, 0.2) is 0 Å². The number of ether oxygens (including phenoxy) is 1. The molecule has 8 heteroatoms. The lowest BCUT2D eigenvalue weighted by atomic mass is 10.1. The van der Waals surface area contributed by atoms with Gasteiger partial charge in [0, 0.05) is 43.2 Å². The molecule has 1 N–H and O–H groups in total. The molecule has 30 heavy (non-hydrogen) atoms. The normalized spacial score (nSPS) is 14.8. The average Bonchev–Trinajstić information content (AvgIpc) is 2.73. The molecule has 2 aromatic carbocycles. The first-order valence-electron chi connectivity index (χ1n) is 9.43. The minimum atomic E-state index is -4.52. The Morgan fingerprint density at radius 3 is 2.47 bits per heavy atom. The van der Waals surface area contributed by atoms with E-state index in [-0.39, 0.29) is 17.6 Å². The molecule has 1 heterocycles. The zero-order valence-electron chi connectivity index (χ0n) is 16.1. The van der Waals surface area contributed by atoms with Gasteiger partial charge in [0.25, 0.3) is 5.91 Å². The molecule has 0 bridgehead atoms. The highest BCUT2D eigenvalue weighted by atomic mass is 19.4. The van der Waals surface area contributed by atoms with Crippen LogP contribution in [0.25, 0.3) is 0 Å². The number of carbonyl (C=O) groups excluding carboxylic acids is 2. The number of rotatable bonds is 5. The Bertz CT molecular complexity index is 935. The maximum Gasteiger partial charge on any atom is 0.416 e. The smallest absolute Gasteiger partial charge is 0.416 e. The van der Waals surface area contributed by atoms with E-state index in [0.29, 0.717) is 37.4 Å². The van der Waals surface area contributed by atoms with Crippen molar-refractivity contribution in [1.29, 1.82) is 0 Å². The largest absolute Gasteiger partial charge is 0.490 e. The Kier molecular flexibility index (Phi) is 6.44. The van der Waals surface area contributed by atoms with E-state index in [4.69, 9.17) is 4.74 Å². The van der Waals surface area contributed by atoms with Crippen molar-refractivity contribution in [1.82, 2.24) is 4.90 Å². The number of hydrogen-bond acceptors (Lipinski definition) is 3. The second-order valence-corrected chi connectivity index (χ2v) is 6.91. The van der Waals surface area contributed by atoms with Gasteiger partial charge in [-0.2, -0.15) is 13.2 Å². The number of amides is 2. The molecule has 158 valence electrons. The third-order valence-corrected chi connectivity index (χ3v) is 4.78. The third kappa shape index (κ3) is 5.40. The van der Waals surface area contributed by atoms with Gasteiger partial charge in [-0.05, 0) is 36.4 Å². The molecule has 2 amide bonds. The fourth-order valence-electron chi connectivity index (χ4n) is 3.20. The highest BCUT2D eigenvalue weighted by Crippen LogP contribution is 2.30. The summed E-state index contributed by atoms with van der Waals surface area (Å²) < 4.78 is 44.5. The summed E-state index contributed by atoms with van der Waals surface area (Å²) in [7, 11) is 0. The molecule has 1 aliphatic heterocycles. The lowest BCUT2D eigenvalue weighted by Crippen LogP contribution is -2.41. The van der Waals surface area contributed by atoms with Gasteiger partial charge >= 0.3 is 6.18 Å². The molecule has 5 nitrogen and oxygen atoms in total. The summed E-state index contributed by atoms with van der Waals surface area (Å²) in [5.41, 5.74) is -0.557. The highest BCUT2D eigenvalue weighted by Gasteiger charge is 2.31. The number of piperidine rings is 1. The van der Waals surface area contributed by atoms with Crippen LogP contribution in [0.1, 0.15) is 28.8 Å². The van der Waals surface area contributed by atoms with Crippen LogP contribution in [-0.2, 0) is 11.0 Å². The second-order valence-electron chi connectivity index (χ2n) is 6.91. The first kappa shape index (κ1) is 21.4. The summed E-state index contributed by atoms with van der Waals surface area (Å²) in [6.45, 7) is 4.62. The average molecular weight is 418 g/mol. The quantitative estimate of drug-likeness (QED) is 0.727. The summed E-state index contributed by atoms with van der Waals surface area (Å²) in [5, 5.41) is 2.59. The van der Waals surface area contributed by atoms with Crippen molar-refractivity contribution in [3.63, 3.8) is 0 Å². The Morgan fingerprint density at radius 1 is 1.10 bits per heavy atom. The standard InChI is InChI=1S/C22H21F3N2O3/c1-2-20(28)27-11-9-18(10-12-27)30-19-8-4-7-17(14-19)26-21(29)15-5-3-6-16(13-15)22(23,24)25/h2-8,13-14,18H,1,9-12H2,(H,26,29). The van der Waals surface area contributed by atoms with Gasteiger partial charge in [0.2, 0.25) is 5.91 Å². The third-order valence-electron chi connectivity index (χ3n) is 4.78. The van der Waals surface area contributed by atoms with E-state index in [1.807, 2.05) is 0 Å². The molecule has 0 spiro atoms. The van der Waals surface area contributed by atoms with E-state index in [9.17, 15) is 22.8 Å². The maximum absolute atomic E-state index is 12.8. The van der Waals surface area contributed by atoms with Gasteiger partial charge in [0.05, 0.1) is 5.56 Å². The molecule has 0 atom stereocenters. The molecule has 0 radical (unpaired) electrons. The maximum atomic E-state index is 12.8. The zero-order valence-corrected chi connectivity index (χ0v) is 16.1. The van der Waals surface area contributed by atoms with E-state index < -0.39 is 17.6 Å². The molecule has 2 aromatic rings.